The van der Waals surface area contributed by atoms with Crippen molar-refractivity contribution in [2.45, 2.75) is 20.4 Å². The van der Waals surface area contributed by atoms with Crippen LogP contribution in [-0.4, -0.2) is 29.0 Å². The van der Waals surface area contributed by atoms with Crippen LogP contribution in [0.4, 0.5) is 0 Å². The van der Waals surface area contributed by atoms with E-state index < -0.39 is 23.7 Å². The highest BCUT2D eigenvalue weighted by Crippen LogP contribution is 2.18. The molecule has 116 valence electrons. The Hall–Kier alpha value is -2.84. The molecule has 3 rings (SSSR count). The minimum Gasteiger partial charge on any atom is -0.368 e. The molecule has 3 aromatic heterocycles. The maximum atomic E-state index is 12.7. The van der Waals surface area contributed by atoms with Crippen LogP contribution in [0.5, 0.6) is 0 Å². The van der Waals surface area contributed by atoms with Crippen molar-refractivity contribution in [2.75, 3.05) is 0 Å². The first-order valence-electron chi connectivity index (χ1n) is 6.67. The van der Waals surface area contributed by atoms with Crippen LogP contribution >= 0.6 is 0 Å². The van der Waals surface area contributed by atoms with Crippen LogP contribution in [0.2, 0.25) is 0 Å². The van der Waals surface area contributed by atoms with Crippen LogP contribution in [0.25, 0.3) is 16.9 Å². The van der Waals surface area contributed by atoms with Gasteiger partial charge in [-0.05, 0) is 13.8 Å². The summed E-state index contributed by atoms with van der Waals surface area (Å²) in [4.78, 5) is 40.4. The summed E-state index contributed by atoms with van der Waals surface area (Å²) in [6, 6.07) is 0. The van der Waals surface area contributed by atoms with Crippen molar-refractivity contribution in [3.05, 3.63) is 32.2 Å². The fourth-order valence-corrected chi connectivity index (χ4v) is 2.70. The lowest BCUT2D eigenvalue weighted by Crippen LogP contribution is -2.42. The predicted octanol–water partition coefficient (Wildman–Crippen LogP) is -1.21. The van der Waals surface area contributed by atoms with Gasteiger partial charge in [-0.25, -0.2) is 9.36 Å². The van der Waals surface area contributed by atoms with E-state index in [1.807, 2.05) is 25.5 Å². The number of hydrogen-bond acceptors (Lipinski definition) is 4. The number of hydrogen-bond donors (Lipinski definition) is 1. The number of rotatable bonds is 2. The highest BCUT2D eigenvalue weighted by molar-refractivity contribution is 5.77. The molecule has 22 heavy (non-hydrogen) atoms. The molecule has 0 saturated carbocycles. The zero-order valence-electron chi connectivity index (χ0n) is 12.7. The number of nitrogens with zero attached hydrogens (tertiary/aromatic N) is 5. The van der Waals surface area contributed by atoms with Crippen LogP contribution in [0, 0.1) is 13.8 Å². The average Bonchev–Trinajstić information content (AvgIpc) is 2.95. The number of aromatic nitrogens is 5. The lowest BCUT2D eigenvalue weighted by molar-refractivity contribution is -0.118. The average molecular weight is 304 g/mol. The molecule has 0 atom stereocenters. The van der Waals surface area contributed by atoms with Gasteiger partial charge in [0.1, 0.15) is 6.54 Å². The third-order valence-electron chi connectivity index (χ3n) is 4.10. The number of amides is 1. The summed E-state index contributed by atoms with van der Waals surface area (Å²) in [6.45, 7) is 3.33. The lowest BCUT2D eigenvalue weighted by Gasteiger charge is -2.06. The molecule has 2 N–H and O–H groups in total. The van der Waals surface area contributed by atoms with E-state index in [0.717, 1.165) is 16.0 Å². The number of carbonyl (C=O) groups is 1. The summed E-state index contributed by atoms with van der Waals surface area (Å²) in [5.74, 6) is -0.186. The van der Waals surface area contributed by atoms with Gasteiger partial charge in [-0.1, -0.05) is 0 Å². The highest BCUT2D eigenvalue weighted by Gasteiger charge is 2.21. The van der Waals surface area contributed by atoms with Crippen molar-refractivity contribution in [1.82, 2.24) is 23.1 Å². The van der Waals surface area contributed by atoms with E-state index >= 15 is 0 Å². The molecule has 0 unspecified atom stereocenters. The van der Waals surface area contributed by atoms with Gasteiger partial charge < -0.3 is 10.3 Å². The fraction of sp³-hybridized carbons (Fsp3) is 0.385. The Morgan fingerprint density at radius 1 is 1.14 bits per heavy atom. The summed E-state index contributed by atoms with van der Waals surface area (Å²) >= 11 is 0. The van der Waals surface area contributed by atoms with Crippen molar-refractivity contribution in [3.63, 3.8) is 0 Å². The van der Waals surface area contributed by atoms with Gasteiger partial charge in [0.2, 0.25) is 11.7 Å². The lowest BCUT2D eigenvalue weighted by atomic mass is 10.3. The first kappa shape index (κ1) is 14.1. The Balaban J connectivity index is 2.61. The first-order chi connectivity index (χ1) is 10.3. The highest BCUT2D eigenvalue weighted by atomic mass is 16.2. The van der Waals surface area contributed by atoms with Crippen LogP contribution in [0.1, 0.15) is 11.4 Å². The van der Waals surface area contributed by atoms with E-state index in [1.165, 1.54) is 11.6 Å². The van der Waals surface area contributed by atoms with Gasteiger partial charge in [-0.15, -0.1) is 0 Å². The molecular weight excluding hydrogens is 288 g/mol. The summed E-state index contributed by atoms with van der Waals surface area (Å²) in [5, 5.41) is 0. The second-order valence-electron chi connectivity index (χ2n) is 5.35. The van der Waals surface area contributed by atoms with Crippen molar-refractivity contribution in [3.8, 4) is 0 Å². The molecule has 3 heterocycles. The monoisotopic (exact) mass is 304 g/mol. The Bertz CT molecular complexity index is 1060. The zero-order chi connectivity index (χ0) is 16.3. The molecule has 3 aromatic rings. The molecule has 0 fully saturated rings. The Morgan fingerprint density at radius 3 is 2.36 bits per heavy atom. The van der Waals surface area contributed by atoms with E-state index in [1.54, 1.807) is 4.40 Å². The van der Waals surface area contributed by atoms with Gasteiger partial charge in [-0.2, -0.15) is 4.98 Å². The smallest absolute Gasteiger partial charge is 0.332 e. The van der Waals surface area contributed by atoms with Gasteiger partial charge >= 0.3 is 5.69 Å². The first-order valence-corrected chi connectivity index (χ1v) is 6.67. The number of carbonyl (C=O) groups excluding carboxylic acids is 1. The predicted molar refractivity (Wildman–Crippen MR) is 79.8 cm³/mol. The Labute approximate surface area is 124 Å². The van der Waals surface area contributed by atoms with E-state index in [-0.39, 0.29) is 11.2 Å². The SMILES string of the molecule is Cc1c(C)n2c3c(=O)n(CC(N)=O)c(=O)n(C)c3nc2n1C. The minimum absolute atomic E-state index is 0.263. The van der Waals surface area contributed by atoms with Gasteiger partial charge in [-0.3, -0.25) is 18.6 Å². The van der Waals surface area contributed by atoms with Crippen molar-refractivity contribution >= 4 is 22.8 Å². The molecule has 0 aliphatic rings. The molecule has 0 radical (unpaired) electrons. The van der Waals surface area contributed by atoms with Gasteiger partial charge in [0.25, 0.3) is 5.56 Å². The van der Waals surface area contributed by atoms with Gasteiger partial charge in [0.05, 0.1) is 0 Å². The Morgan fingerprint density at radius 2 is 1.77 bits per heavy atom. The third kappa shape index (κ3) is 1.59. The molecule has 0 spiro atoms. The molecule has 0 aromatic carbocycles. The molecule has 0 aliphatic heterocycles. The number of nitrogens with two attached hydrogens (primary N) is 1. The third-order valence-corrected chi connectivity index (χ3v) is 4.10. The molecule has 0 aliphatic carbocycles. The van der Waals surface area contributed by atoms with Gasteiger partial charge in [0.15, 0.2) is 11.2 Å². The number of primary amides is 1. The molecule has 9 nitrogen and oxygen atoms in total. The summed E-state index contributed by atoms with van der Waals surface area (Å²) in [6.07, 6.45) is 0. The second kappa shape index (κ2) is 4.33. The quantitative estimate of drug-likeness (QED) is 0.640. The van der Waals surface area contributed by atoms with Crippen LogP contribution < -0.4 is 17.0 Å². The topological polar surface area (TPSA) is 109 Å². The second-order valence-corrected chi connectivity index (χ2v) is 5.35. The molecule has 9 heteroatoms. The number of aryl methyl sites for hydroxylation is 3. The standard InChI is InChI=1S/C13H16N6O3/c1-6-7(2)19-9-10(15-12(19)16(6)3)17(4)13(22)18(11(9)21)5-8(14)20/h5H2,1-4H3,(H2,14,20). The van der Waals surface area contributed by atoms with Crippen molar-refractivity contribution in [1.29, 1.82) is 0 Å². The van der Waals surface area contributed by atoms with Crippen molar-refractivity contribution in [2.24, 2.45) is 19.8 Å². The summed E-state index contributed by atoms with van der Waals surface area (Å²) in [7, 11) is 3.35. The largest absolute Gasteiger partial charge is 0.368 e. The van der Waals surface area contributed by atoms with Crippen molar-refractivity contribution < 1.29 is 4.79 Å². The normalized spacial score (nSPS) is 11.6. The summed E-state index contributed by atoms with van der Waals surface area (Å²) in [5.41, 5.74) is 6.29. The molecule has 1 amide bonds. The zero-order valence-corrected chi connectivity index (χ0v) is 12.7. The fourth-order valence-electron chi connectivity index (χ4n) is 2.70. The van der Waals surface area contributed by atoms with Gasteiger partial charge in [0, 0.05) is 25.5 Å². The maximum Gasteiger partial charge on any atom is 0.332 e. The number of fused-ring (bicyclic) bond motifs is 3. The van der Waals surface area contributed by atoms with E-state index in [2.05, 4.69) is 4.98 Å². The van der Waals surface area contributed by atoms with Crippen LogP contribution in [0.3, 0.4) is 0 Å². The minimum atomic E-state index is -0.750. The van der Waals surface area contributed by atoms with Crippen LogP contribution in [-0.2, 0) is 25.4 Å². The Kier molecular flexibility index (Phi) is 2.77. The van der Waals surface area contributed by atoms with Crippen LogP contribution in [0.15, 0.2) is 9.59 Å². The van der Waals surface area contributed by atoms with E-state index in [9.17, 15) is 14.4 Å². The van der Waals surface area contributed by atoms with E-state index in [4.69, 9.17) is 5.73 Å². The van der Waals surface area contributed by atoms with E-state index in [0.29, 0.717) is 5.78 Å². The molecular formula is C13H16N6O3. The number of imidazole rings is 2. The molecule has 0 bridgehead atoms. The molecule has 0 saturated heterocycles. The summed E-state index contributed by atoms with van der Waals surface area (Å²) < 4.78 is 5.63. The maximum absolute atomic E-state index is 12.7.